The predicted molar refractivity (Wildman–Crippen MR) is 81.9 cm³/mol. The van der Waals surface area contributed by atoms with E-state index in [-0.39, 0.29) is 11.3 Å². The topological polar surface area (TPSA) is 55.6 Å². The average molecular weight is 276 g/mol. The molecule has 0 unspecified atom stereocenters. The van der Waals surface area contributed by atoms with E-state index in [9.17, 15) is 4.79 Å². The van der Waals surface area contributed by atoms with Gasteiger partial charge in [0.1, 0.15) is 12.4 Å². The molecule has 1 rings (SSSR count). The van der Waals surface area contributed by atoms with Crippen molar-refractivity contribution in [3.05, 3.63) is 42.5 Å². The van der Waals surface area contributed by atoms with Crippen LogP contribution in [0.25, 0.3) is 0 Å². The molecule has 20 heavy (non-hydrogen) atoms. The largest absolute Gasteiger partial charge is 0.490 e. The molecule has 1 aromatic rings. The highest BCUT2D eigenvalue weighted by atomic mass is 16.5. The fraction of sp³-hybridized carbons (Fsp3) is 0.438. The molecule has 0 radical (unpaired) electrons. The molecule has 4 nitrogen and oxygen atoms in total. The van der Waals surface area contributed by atoms with Gasteiger partial charge >= 0.3 is 0 Å². The van der Waals surface area contributed by atoms with Crippen molar-refractivity contribution in [1.82, 2.24) is 4.90 Å². The molecule has 0 saturated heterocycles. The molecule has 0 fully saturated rings. The van der Waals surface area contributed by atoms with Gasteiger partial charge < -0.3 is 15.4 Å². The van der Waals surface area contributed by atoms with Crippen LogP contribution in [0, 0.1) is 5.41 Å². The average Bonchev–Trinajstić information content (AvgIpc) is 2.44. The summed E-state index contributed by atoms with van der Waals surface area (Å²) in [7, 11) is 1.79. The van der Waals surface area contributed by atoms with Crippen molar-refractivity contribution in [3.63, 3.8) is 0 Å². The Kier molecular flexibility index (Phi) is 5.77. The first-order valence-corrected chi connectivity index (χ1v) is 6.69. The normalized spacial score (nSPS) is 11.0. The van der Waals surface area contributed by atoms with Crippen molar-refractivity contribution in [2.75, 3.05) is 26.7 Å². The zero-order valence-electron chi connectivity index (χ0n) is 12.6. The lowest BCUT2D eigenvalue weighted by Gasteiger charge is -2.29. The number of ether oxygens (including phenoxy) is 1. The third-order valence-electron chi connectivity index (χ3n) is 3.03. The lowest BCUT2D eigenvalue weighted by atomic mass is 9.93. The minimum Gasteiger partial charge on any atom is -0.490 e. The van der Waals surface area contributed by atoms with Crippen molar-refractivity contribution in [2.45, 2.75) is 13.8 Å². The molecule has 0 atom stereocenters. The fourth-order valence-corrected chi connectivity index (χ4v) is 1.85. The lowest BCUT2D eigenvalue weighted by molar-refractivity contribution is 0.0740. The number of benzene rings is 1. The lowest BCUT2D eigenvalue weighted by Crippen LogP contribution is -2.39. The second-order valence-electron chi connectivity index (χ2n) is 5.65. The van der Waals surface area contributed by atoms with E-state index in [1.165, 1.54) is 0 Å². The standard InChI is InChI=1S/C16H24N2O2/c1-5-10-20-14-8-6-13(7-9-14)15(19)18(4)12-16(2,3)11-17/h5-9H,1,10-12,17H2,2-4H3. The number of nitrogens with two attached hydrogens (primary N) is 1. The van der Waals surface area contributed by atoms with E-state index in [1.807, 2.05) is 13.8 Å². The van der Waals surface area contributed by atoms with Crippen molar-refractivity contribution >= 4 is 5.91 Å². The minimum absolute atomic E-state index is 0.0122. The summed E-state index contributed by atoms with van der Waals surface area (Å²) >= 11 is 0. The van der Waals surface area contributed by atoms with Gasteiger partial charge in [-0.2, -0.15) is 0 Å². The summed E-state index contributed by atoms with van der Waals surface area (Å²) < 4.78 is 5.39. The third-order valence-corrected chi connectivity index (χ3v) is 3.03. The molecule has 4 heteroatoms. The first-order valence-electron chi connectivity index (χ1n) is 6.69. The Morgan fingerprint density at radius 2 is 2.00 bits per heavy atom. The molecule has 0 aliphatic heterocycles. The molecule has 0 bridgehead atoms. The van der Waals surface area contributed by atoms with Gasteiger partial charge in [0.05, 0.1) is 0 Å². The molecule has 0 aromatic heterocycles. The van der Waals surface area contributed by atoms with Crippen LogP contribution in [-0.2, 0) is 0 Å². The smallest absolute Gasteiger partial charge is 0.253 e. The van der Waals surface area contributed by atoms with Gasteiger partial charge in [-0.25, -0.2) is 0 Å². The van der Waals surface area contributed by atoms with E-state index < -0.39 is 0 Å². The minimum atomic E-state index is -0.0859. The number of hydrogen-bond donors (Lipinski definition) is 1. The second kappa shape index (κ2) is 7.10. The molecular weight excluding hydrogens is 252 g/mol. The second-order valence-corrected chi connectivity index (χ2v) is 5.65. The molecule has 1 amide bonds. The first kappa shape index (κ1) is 16.2. The summed E-state index contributed by atoms with van der Waals surface area (Å²) in [6.07, 6.45) is 1.68. The zero-order chi connectivity index (χ0) is 15.2. The van der Waals surface area contributed by atoms with Crippen LogP contribution in [-0.4, -0.2) is 37.6 Å². The van der Waals surface area contributed by atoms with E-state index in [0.29, 0.717) is 25.3 Å². The van der Waals surface area contributed by atoms with Gasteiger partial charge in [-0.15, -0.1) is 0 Å². The third kappa shape index (κ3) is 4.70. The Morgan fingerprint density at radius 1 is 1.40 bits per heavy atom. The number of amides is 1. The maximum absolute atomic E-state index is 12.3. The van der Waals surface area contributed by atoms with Crippen LogP contribution in [0.4, 0.5) is 0 Å². The maximum Gasteiger partial charge on any atom is 0.253 e. The van der Waals surface area contributed by atoms with Crippen molar-refractivity contribution in [1.29, 1.82) is 0 Å². The summed E-state index contributed by atoms with van der Waals surface area (Å²) in [4.78, 5) is 14.0. The summed E-state index contributed by atoms with van der Waals surface area (Å²) in [5.41, 5.74) is 6.26. The number of rotatable bonds is 7. The first-order chi connectivity index (χ1) is 9.39. The van der Waals surface area contributed by atoms with Gasteiger partial charge in [0.2, 0.25) is 0 Å². The van der Waals surface area contributed by atoms with Crippen molar-refractivity contribution in [3.8, 4) is 5.75 Å². The van der Waals surface area contributed by atoms with Crippen LogP contribution in [0.2, 0.25) is 0 Å². The quantitative estimate of drug-likeness (QED) is 0.778. The SMILES string of the molecule is C=CCOc1ccc(C(=O)N(C)CC(C)(C)CN)cc1. The zero-order valence-corrected chi connectivity index (χ0v) is 12.6. The van der Waals surface area contributed by atoms with Gasteiger partial charge in [-0.05, 0) is 36.2 Å². The summed E-state index contributed by atoms with van der Waals surface area (Å²) in [5, 5.41) is 0. The van der Waals surface area contributed by atoms with E-state index >= 15 is 0 Å². The molecule has 0 aliphatic rings. The molecular formula is C16H24N2O2. The maximum atomic E-state index is 12.3. The Bertz CT molecular complexity index is 452. The molecule has 0 spiro atoms. The predicted octanol–water partition coefficient (Wildman–Crippen LogP) is 2.31. The van der Waals surface area contributed by atoms with Gasteiger partial charge in [-0.3, -0.25) is 4.79 Å². The molecule has 0 heterocycles. The highest BCUT2D eigenvalue weighted by molar-refractivity contribution is 5.94. The highest BCUT2D eigenvalue weighted by Gasteiger charge is 2.21. The molecule has 110 valence electrons. The van der Waals surface area contributed by atoms with Gasteiger partial charge in [-0.1, -0.05) is 26.5 Å². The van der Waals surface area contributed by atoms with E-state index in [4.69, 9.17) is 10.5 Å². The molecule has 0 saturated carbocycles. The van der Waals surface area contributed by atoms with Gasteiger partial charge in [0.15, 0.2) is 0 Å². The van der Waals surface area contributed by atoms with Crippen molar-refractivity contribution < 1.29 is 9.53 Å². The van der Waals surface area contributed by atoms with E-state index in [1.54, 1.807) is 42.3 Å². The molecule has 0 aliphatic carbocycles. The summed E-state index contributed by atoms with van der Waals surface area (Å²) in [6, 6.07) is 7.12. The monoisotopic (exact) mass is 276 g/mol. The van der Waals surface area contributed by atoms with Gasteiger partial charge in [0.25, 0.3) is 5.91 Å². The Balaban J connectivity index is 2.69. The highest BCUT2D eigenvalue weighted by Crippen LogP contribution is 2.17. The van der Waals surface area contributed by atoms with Crippen LogP contribution >= 0.6 is 0 Å². The Hall–Kier alpha value is -1.81. The van der Waals surface area contributed by atoms with Crippen LogP contribution in [0.15, 0.2) is 36.9 Å². The van der Waals surface area contributed by atoms with E-state index in [2.05, 4.69) is 6.58 Å². The Labute approximate surface area is 121 Å². The van der Waals surface area contributed by atoms with Crippen LogP contribution < -0.4 is 10.5 Å². The van der Waals surface area contributed by atoms with E-state index in [0.717, 1.165) is 5.75 Å². The number of nitrogens with zero attached hydrogens (tertiary/aromatic N) is 1. The number of carbonyl (C=O) groups excluding carboxylic acids is 1. The fourth-order valence-electron chi connectivity index (χ4n) is 1.85. The van der Waals surface area contributed by atoms with Crippen molar-refractivity contribution in [2.24, 2.45) is 11.1 Å². The molecule has 2 N–H and O–H groups in total. The van der Waals surface area contributed by atoms with Crippen LogP contribution in [0.1, 0.15) is 24.2 Å². The Morgan fingerprint density at radius 3 is 2.50 bits per heavy atom. The number of hydrogen-bond acceptors (Lipinski definition) is 3. The summed E-state index contributed by atoms with van der Waals surface area (Å²) in [6.45, 7) is 9.30. The molecule has 1 aromatic carbocycles. The van der Waals surface area contributed by atoms with Gasteiger partial charge in [0, 0.05) is 19.2 Å². The summed E-state index contributed by atoms with van der Waals surface area (Å²) in [5.74, 6) is 0.716. The van der Waals surface area contributed by atoms with Crippen LogP contribution in [0.5, 0.6) is 5.75 Å². The number of carbonyl (C=O) groups is 1. The van der Waals surface area contributed by atoms with Crippen LogP contribution in [0.3, 0.4) is 0 Å².